The summed E-state index contributed by atoms with van der Waals surface area (Å²) >= 11 is 5.83. The monoisotopic (exact) mass is 328 g/mol. The van der Waals surface area contributed by atoms with E-state index in [0.29, 0.717) is 10.8 Å². The third-order valence-corrected chi connectivity index (χ3v) is 4.72. The molecule has 0 fully saturated rings. The van der Waals surface area contributed by atoms with Gasteiger partial charge in [-0.25, -0.2) is 13.1 Å². The Labute approximate surface area is 129 Å². The standard InChI is InChI=1S/C14H17ClN2O3S/c1-17(2)13(14-7-4-8-20-14)10-16-21(18,19)12-6-3-5-11(15)9-12/h3-9,13,16H,10H2,1-2H3. The number of rotatable bonds is 6. The Morgan fingerprint density at radius 2 is 2.05 bits per heavy atom. The zero-order valence-electron chi connectivity index (χ0n) is 11.8. The quantitative estimate of drug-likeness (QED) is 0.885. The van der Waals surface area contributed by atoms with Crippen molar-refractivity contribution in [2.75, 3.05) is 20.6 Å². The van der Waals surface area contributed by atoms with Crippen LogP contribution < -0.4 is 4.72 Å². The average Bonchev–Trinajstić information content (AvgIpc) is 2.92. The molecule has 0 bridgehead atoms. The van der Waals surface area contributed by atoms with E-state index in [1.165, 1.54) is 12.1 Å². The Balaban J connectivity index is 2.13. The Hall–Kier alpha value is -1.34. The molecule has 0 amide bonds. The van der Waals surface area contributed by atoms with Crippen LogP contribution in [0.3, 0.4) is 0 Å². The number of halogens is 1. The van der Waals surface area contributed by atoms with Gasteiger partial charge in [0.15, 0.2) is 0 Å². The van der Waals surface area contributed by atoms with Crippen molar-refractivity contribution in [2.24, 2.45) is 0 Å². The van der Waals surface area contributed by atoms with E-state index in [4.69, 9.17) is 16.0 Å². The lowest BCUT2D eigenvalue weighted by Gasteiger charge is -2.22. The van der Waals surface area contributed by atoms with Crippen LogP contribution in [0.1, 0.15) is 11.8 Å². The second kappa shape index (κ2) is 6.62. The fourth-order valence-corrected chi connectivity index (χ4v) is 3.26. The first kappa shape index (κ1) is 16.0. The van der Waals surface area contributed by atoms with Crippen LogP contribution in [0, 0.1) is 0 Å². The lowest BCUT2D eigenvalue weighted by Crippen LogP contribution is -2.34. The maximum absolute atomic E-state index is 12.3. The molecule has 1 unspecified atom stereocenters. The number of furan rings is 1. The molecule has 114 valence electrons. The molecule has 0 saturated heterocycles. The van der Waals surface area contributed by atoms with E-state index in [-0.39, 0.29) is 17.5 Å². The van der Waals surface area contributed by atoms with Crippen LogP contribution in [0.2, 0.25) is 5.02 Å². The molecule has 0 spiro atoms. The molecule has 1 aromatic carbocycles. The predicted octanol–water partition coefficient (Wildman–Crippen LogP) is 2.51. The molecule has 0 aliphatic rings. The summed E-state index contributed by atoms with van der Waals surface area (Å²) in [6, 6.07) is 9.57. The van der Waals surface area contributed by atoms with Gasteiger partial charge in [0, 0.05) is 11.6 Å². The maximum Gasteiger partial charge on any atom is 0.240 e. The molecule has 0 aliphatic carbocycles. The van der Waals surface area contributed by atoms with Crippen LogP contribution in [0.15, 0.2) is 52.0 Å². The molecule has 1 heterocycles. The molecular weight excluding hydrogens is 312 g/mol. The molecule has 0 saturated carbocycles. The van der Waals surface area contributed by atoms with Gasteiger partial charge in [0.05, 0.1) is 17.2 Å². The van der Waals surface area contributed by atoms with Crippen molar-refractivity contribution in [3.8, 4) is 0 Å². The zero-order valence-corrected chi connectivity index (χ0v) is 13.4. The normalized spacial score (nSPS) is 13.5. The van der Waals surface area contributed by atoms with Gasteiger partial charge in [-0.3, -0.25) is 4.90 Å². The summed E-state index contributed by atoms with van der Waals surface area (Å²) < 4.78 is 32.5. The minimum atomic E-state index is -3.61. The first-order valence-electron chi connectivity index (χ1n) is 6.35. The van der Waals surface area contributed by atoms with Crippen molar-refractivity contribution in [1.29, 1.82) is 0 Å². The first-order chi connectivity index (χ1) is 9.90. The molecule has 2 aromatic rings. The van der Waals surface area contributed by atoms with E-state index in [9.17, 15) is 8.42 Å². The Bertz CT molecular complexity index is 684. The van der Waals surface area contributed by atoms with E-state index in [1.807, 2.05) is 25.1 Å². The lowest BCUT2D eigenvalue weighted by atomic mass is 10.2. The number of hydrogen-bond acceptors (Lipinski definition) is 4. The van der Waals surface area contributed by atoms with E-state index < -0.39 is 10.0 Å². The molecule has 1 atom stereocenters. The van der Waals surface area contributed by atoms with Crippen molar-refractivity contribution < 1.29 is 12.8 Å². The van der Waals surface area contributed by atoms with Crippen molar-refractivity contribution in [3.63, 3.8) is 0 Å². The first-order valence-corrected chi connectivity index (χ1v) is 8.21. The van der Waals surface area contributed by atoms with E-state index >= 15 is 0 Å². The van der Waals surface area contributed by atoms with Gasteiger partial charge in [-0.1, -0.05) is 17.7 Å². The van der Waals surface area contributed by atoms with Crippen LogP contribution in [0.5, 0.6) is 0 Å². The molecule has 1 N–H and O–H groups in total. The van der Waals surface area contributed by atoms with Crippen molar-refractivity contribution in [3.05, 3.63) is 53.4 Å². The van der Waals surface area contributed by atoms with Gasteiger partial charge in [-0.15, -0.1) is 0 Å². The van der Waals surface area contributed by atoms with Crippen LogP contribution in [0.4, 0.5) is 0 Å². The lowest BCUT2D eigenvalue weighted by molar-refractivity contribution is 0.259. The highest BCUT2D eigenvalue weighted by molar-refractivity contribution is 7.89. The highest BCUT2D eigenvalue weighted by Crippen LogP contribution is 2.20. The highest BCUT2D eigenvalue weighted by Gasteiger charge is 2.21. The van der Waals surface area contributed by atoms with Gasteiger partial charge in [0.1, 0.15) is 5.76 Å². The number of nitrogens with one attached hydrogen (secondary N) is 1. The molecule has 7 heteroatoms. The van der Waals surface area contributed by atoms with Gasteiger partial charge in [0.2, 0.25) is 10.0 Å². The third kappa shape index (κ3) is 4.07. The minimum Gasteiger partial charge on any atom is -0.468 e. The number of hydrogen-bond donors (Lipinski definition) is 1. The third-order valence-electron chi connectivity index (χ3n) is 3.07. The summed E-state index contributed by atoms with van der Waals surface area (Å²) in [7, 11) is 0.119. The summed E-state index contributed by atoms with van der Waals surface area (Å²) in [5.41, 5.74) is 0. The van der Waals surface area contributed by atoms with Crippen molar-refractivity contribution >= 4 is 21.6 Å². The zero-order chi connectivity index (χ0) is 15.5. The molecule has 0 aliphatic heterocycles. The van der Waals surface area contributed by atoms with Gasteiger partial charge >= 0.3 is 0 Å². The highest BCUT2D eigenvalue weighted by atomic mass is 35.5. The van der Waals surface area contributed by atoms with E-state index in [2.05, 4.69) is 4.72 Å². The second-order valence-corrected chi connectivity index (χ2v) is 7.01. The molecule has 21 heavy (non-hydrogen) atoms. The number of likely N-dealkylation sites (N-methyl/N-ethyl adjacent to an activating group) is 1. The van der Waals surface area contributed by atoms with E-state index in [0.717, 1.165) is 0 Å². The van der Waals surface area contributed by atoms with Gasteiger partial charge < -0.3 is 4.42 Å². The van der Waals surface area contributed by atoms with E-state index in [1.54, 1.807) is 24.5 Å². The Kier molecular flexibility index (Phi) is 5.05. The summed E-state index contributed by atoms with van der Waals surface area (Å²) in [6.45, 7) is 0.204. The Morgan fingerprint density at radius 1 is 1.29 bits per heavy atom. The molecule has 5 nitrogen and oxygen atoms in total. The van der Waals surface area contributed by atoms with Crippen molar-refractivity contribution in [2.45, 2.75) is 10.9 Å². The summed E-state index contributed by atoms with van der Waals surface area (Å²) in [5.74, 6) is 0.703. The van der Waals surface area contributed by atoms with Crippen LogP contribution >= 0.6 is 11.6 Å². The Morgan fingerprint density at radius 3 is 2.62 bits per heavy atom. The summed E-state index contributed by atoms with van der Waals surface area (Å²) in [6.07, 6.45) is 1.57. The maximum atomic E-state index is 12.3. The smallest absolute Gasteiger partial charge is 0.240 e. The van der Waals surface area contributed by atoms with Crippen LogP contribution in [-0.4, -0.2) is 34.0 Å². The largest absolute Gasteiger partial charge is 0.468 e. The molecule has 2 rings (SSSR count). The number of sulfonamides is 1. The van der Waals surface area contributed by atoms with Gasteiger partial charge in [0.25, 0.3) is 0 Å². The molecular formula is C14H17ClN2O3S. The summed E-state index contributed by atoms with van der Waals surface area (Å²) in [5, 5.41) is 0.382. The SMILES string of the molecule is CN(C)C(CNS(=O)(=O)c1cccc(Cl)c1)c1ccco1. The molecule has 0 radical (unpaired) electrons. The average molecular weight is 329 g/mol. The topological polar surface area (TPSA) is 62.6 Å². The number of benzene rings is 1. The minimum absolute atomic E-state index is 0.145. The summed E-state index contributed by atoms with van der Waals surface area (Å²) in [4.78, 5) is 2.03. The number of nitrogens with zero attached hydrogens (tertiary/aromatic N) is 1. The fourth-order valence-electron chi connectivity index (χ4n) is 1.92. The second-order valence-electron chi connectivity index (χ2n) is 4.80. The van der Waals surface area contributed by atoms with Crippen LogP contribution in [0.25, 0.3) is 0 Å². The fraction of sp³-hybridized carbons (Fsp3) is 0.286. The predicted molar refractivity (Wildman–Crippen MR) is 81.8 cm³/mol. The van der Waals surface area contributed by atoms with Gasteiger partial charge in [-0.05, 0) is 44.4 Å². The van der Waals surface area contributed by atoms with Crippen molar-refractivity contribution in [1.82, 2.24) is 9.62 Å². The van der Waals surface area contributed by atoms with Gasteiger partial charge in [-0.2, -0.15) is 0 Å². The molecule has 1 aromatic heterocycles. The van der Waals surface area contributed by atoms with Crippen LogP contribution in [-0.2, 0) is 10.0 Å².